The molecule has 0 aliphatic heterocycles. The average molecular weight is 307 g/mol. The van der Waals surface area contributed by atoms with Crippen LogP contribution in [0.15, 0.2) is 18.2 Å². The van der Waals surface area contributed by atoms with Crippen LogP contribution in [0.5, 0.6) is 11.5 Å². The van der Waals surface area contributed by atoms with E-state index in [0.717, 1.165) is 12.1 Å². The maximum absolute atomic E-state index is 12.6. The van der Waals surface area contributed by atoms with Crippen molar-refractivity contribution in [3.05, 3.63) is 18.2 Å². The van der Waals surface area contributed by atoms with Gasteiger partial charge in [-0.25, -0.2) is 0 Å². The van der Waals surface area contributed by atoms with Crippen LogP contribution in [0.2, 0.25) is 0 Å². The third kappa shape index (κ3) is 2.76. The summed E-state index contributed by atoms with van der Waals surface area (Å²) in [6, 6.07) is 2.48. The molecule has 1 aromatic carbocycles. The molecular weight excluding hydrogens is 302 g/mol. The summed E-state index contributed by atoms with van der Waals surface area (Å²) in [4.78, 5) is -4.85. The van der Waals surface area contributed by atoms with E-state index >= 15 is 0 Å². The van der Waals surface area contributed by atoms with E-state index in [1.54, 1.807) is 0 Å². The molecule has 0 spiro atoms. The fourth-order valence-corrected chi connectivity index (χ4v) is 2.24. The van der Waals surface area contributed by atoms with Gasteiger partial charge in [-0.3, -0.25) is 0 Å². The molecule has 0 saturated heterocycles. The summed E-state index contributed by atoms with van der Waals surface area (Å²) >= 11 is -2.29. The first-order chi connectivity index (χ1) is 7.13. The second-order valence-corrected chi connectivity index (χ2v) is 5.20. The summed E-state index contributed by atoms with van der Waals surface area (Å²) in [7, 11) is 0. The second kappa shape index (κ2) is 4.10. The molecule has 16 heavy (non-hydrogen) atoms. The Hall–Kier alpha value is -1.01. The molecule has 0 radical (unpaired) electrons. The van der Waals surface area contributed by atoms with E-state index in [9.17, 15) is 22.0 Å². The Kier molecular flexibility index (Phi) is 3.35. The van der Waals surface area contributed by atoms with E-state index in [0.29, 0.717) is 6.07 Å². The molecule has 0 bridgehead atoms. The average Bonchev–Trinajstić information content (AvgIpc) is 2.08. The Bertz CT molecular complexity index is 391. The predicted molar refractivity (Wildman–Crippen MR) is 46.2 cm³/mol. The van der Waals surface area contributed by atoms with Gasteiger partial charge < -0.3 is 0 Å². The molecule has 8 heteroatoms. The summed E-state index contributed by atoms with van der Waals surface area (Å²) in [6.07, 6.45) is -5.64. The number of alkyl halides is 5. The van der Waals surface area contributed by atoms with Crippen LogP contribution in [-0.2, 0) is 0 Å². The Morgan fingerprint density at radius 3 is 2.00 bits per heavy atom. The third-order valence-corrected chi connectivity index (χ3v) is 3.72. The van der Waals surface area contributed by atoms with E-state index in [1.165, 1.54) is 0 Å². The number of rotatable bonds is 2. The first-order valence-corrected chi connectivity index (χ1v) is 5.50. The van der Waals surface area contributed by atoms with Crippen LogP contribution < -0.4 is 4.46 Å². The molecule has 0 heterocycles. The molecular formula is C8H5F5O2Se. The van der Waals surface area contributed by atoms with Crippen LogP contribution in [0, 0.1) is 0 Å². The minimum atomic E-state index is -5.64. The molecule has 0 unspecified atom stereocenters. The number of hydrogen-bond acceptors (Lipinski definition) is 2. The fourth-order valence-electron chi connectivity index (χ4n) is 0.788. The number of halogens is 5. The van der Waals surface area contributed by atoms with Gasteiger partial charge in [-0.2, -0.15) is 0 Å². The van der Waals surface area contributed by atoms with Gasteiger partial charge in [0.1, 0.15) is 0 Å². The van der Waals surface area contributed by atoms with Crippen molar-refractivity contribution in [3.8, 4) is 11.5 Å². The maximum atomic E-state index is 12.6. The van der Waals surface area contributed by atoms with Gasteiger partial charge in [-0.1, -0.05) is 0 Å². The van der Waals surface area contributed by atoms with E-state index in [2.05, 4.69) is 0 Å². The molecule has 0 aliphatic rings. The second-order valence-electron chi connectivity index (χ2n) is 2.77. The Balaban J connectivity index is 2.97. The first kappa shape index (κ1) is 13.1. The molecule has 0 amide bonds. The van der Waals surface area contributed by atoms with E-state index < -0.39 is 41.9 Å². The van der Waals surface area contributed by atoms with E-state index in [4.69, 9.17) is 10.2 Å². The van der Waals surface area contributed by atoms with Crippen molar-refractivity contribution in [2.75, 3.05) is 0 Å². The van der Waals surface area contributed by atoms with Crippen LogP contribution >= 0.6 is 0 Å². The van der Waals surface area contributed by atoms with Gasteiger partial charge in [0.2, 0.25) is 0 Å². The van der Waals surface area contributed by atoms with Gasteiger partial charge in [0.15, 0.2) is 0 Å². The van der Waals surface area contributed by atoms with Gasteiger partial charge in [0, 0.05) is 0 Å². The molecule has 0 aliphatic carbocycles. The third-order valence-electron chi connectivity index (χ3n) is 1.51. The zero-order chi connectivity index (χ0) is 12.6. The van der Waals surface area contributed by atoms with Crippen LogP contribution in [0.1, 0.15) is 0 Å². The Morgan fingerprint density at radius 1 is 1.00 bits per heavy atom. The SMILES string of the molecule is Oc1ccc([Se]C(F)(F)C(F)(F)F)c(O)c1. The number of benzene rings is 1. The van der Waals surface area contributed by atoms with E-state index in [1.807, 2.05) is 0 Å². The molecule has 0 saturated carbocycles. The molecule has 0 atom stereocenters. The molecule has 1 rings (SSSR count). The van der Waals surface area contributed by atoms with Gasteiger partial charge in [0.05, 0.1) is 0 Å². The summed E-state index contributed by atoms with van der Waals surface area (Å²) in [5, 5.41) is 17.9. The zero-order valence-corrected chi connectivity index (χ0v) is 9.14. The van der Waals surface area contributed by atoms with Gasteiger partial charge in [-0.15, -0.1) is 0 Å². The molecule has 0 fully saturated rings. The molecule has 90 valence electrons. The summed E-state index contributed by atoms with van der Waals surface area (Å²) < 4.78 is 60.3. The monoisotopic (exact) mass is 308 g/mol. The zero-order valence-electron chi connectivity index (χ0n) is 7.42. The topological polar surface area (TPSA) is 40.5 Å². The van der Waals surface area contributed by atoms with Crippen molar-refractivity contribution >= 4 is 19.4 Å². The quantitative estimate of drug-likeness (QED) is 0.643. The summed E-state index contributed by atoms with van der Waals surface area (Å²) in [6.45, 7) is 0. The number of aromatic hydroxyl groups is 2. The van der Waals surface area contributed by atoms with Crippen molar-refractivity contribution in [3.63, 3.8) is 0 Å². The van der Waals surface area contributed by atoms with Gasteiger partial charge in [0.25, 0.3) is 0 Å². The fraction of sp³-hybridized carbons (Fsp3) is 0.250. The number of phenols is 2. The minimum absolute atomic E-state index is 0.410. The summed E-state index contributed by atoms with van der Waals surface area (Å²) in [5.41, 5.74) is 0. The Morgan fingerprint density at radius 2 is 1.56 bits per heavy atom. The van der Waals surface area contributed by atoms with Crippen LogP contribution in [0.4, 0.5) is 22.0 Å². The van der Waals surface area contributed by atoms with Crippen molar-refractivity contribution in [1.29, 1.82) is 0 Å². The summed E-state index contributed by atoms with van der Waals surface area (Å²) in [5.74, 6) is -1.18. The predicted octanol–water partition coefficient (Wildman–Crippen LogP) is 1.58. The first-order valence-electron chi connectivity index (χ1n) is 3.79. The van der Waals surface area contributed by atoms with Gasteiger partial charge >= 0.3 is 92.3 Å². The van der Waals surface area contributed by atoms with Crippen LogP contribution in [0.25, 0.3) is 0 Å². The van der Waals surface area contributed by atoms with Crippen molar-refractivity contribution in [1.82, 2.24) is 0 Å². The molecule has 2 N–H and O–H groups in total. The normalized spacial score (nSPS) is 12.8. The number of hydrogen-bond donors (Lipinski definition) is 2. The molecule has 2 nitrogen and oxygen atoms in total. The standard InChI is InChI=1S/C8H5F5O2Se/c9-7(10,11)8(12,13)16-6-2-1-4(14)3-5(6)15/h1-3,14-15H. The van der Waals surface area contributed by atoms with Crippen molar-refractivity contribution in [2.45, 2.75) is 11.0 Å². The van der Waals surface area contributed by atoms with Crippen molar-refractivity contribution < 1.29 is 32.2 Å². The number of phenolic OH excluding ortho intramolecular Hbond substituents is 2. The van der Waals surface area contributed by atoms with Gasteiger partial charge in [-0.05, 0) is 0 Å². The van der Waals surface area contributed by atoms with E-state index in [-0.39, 0.29) is 0 Å². The van der Waals surface area contributed by atoms with Crippen LogP contribution in [0.3, 0.4) is 0 Å². The molecule has 1 aromatic rings. The van der Waals surface area contributed by atoms with Crippen molar-refractivity contribution in [2.24, 2.45) is 0 Å². The Labute approximate surface area is 92.9 Å². The molecule has 0 aromatic heterocycles. The van der Waals surface area contributed by atoms with Crippen LogP contribution in [-0.4, -0.2) is 36.2 Å².